The van der Waals surface area contributed by atoms with Crippen LogP contribution in [-0.4, -0.2) is 39.8 Å². The summed E-state index contributed by atoms with van der Waals surface area (Å²) in [7, 11) is 4.53. The van der Waals surface area contributed by atoms with Crippen LogP contribution in [0.25, 0.3) is 0 Å². The third-order valence-corrected chi connectivity index (χ3v) is 4.32. The predicted octanol–water partition coefficient (Wildman–Crippen LogP) is 3.05. The van der Waals surface area contributed by atoms with E-state index in [0.717, 1.165) is 29.0 Å². The topological polar surface area (TPSA) is 81.2 Å². The van der Waals surface area contributed by atoms with Crippen LogP contribution in [0.1, 0.15) is 34.0 Å². The van der Waals surface area contributed by atoms with Gasteiger partial charge in [0, 0.05) is 18.7 Å². The summed E-state index contributed by atoms with van der Waals surface area (Å²) < 4.78 is 15.5. The van der Waals surface area contributed by atoms with Crippen molar-refractivity contribution in [2.24, 2.45) is 4.99 Å². The molecule has 0 fully saturated rings. The predicted molar refractivity (Wildman–Crippen MR) is 114 cm³/mol. The lowest BCUT2D eigenvalue weighted by molar-refractivity contribution is 0.0597. The fourth-order valence-corrected chi connectivity index (χ4v) is 2.81. The zero-order valence-corrected chi connectivity index (χ0v) is 17.7. The highest BCUT2D eigenvalue weighted by Crippen LogP contribution is 2.21. The number of ether oxygens (including phenoxy) is 3. The van der Waals surface area contributed by atoms with Crippen LogP contribution >= 0.6 is 0 Å². The van der Waals surface area contributed by atoms with E-state index in [0.29, 0.717) is 30.4 Å². The van der Waals surface area contributed by atoms with Crippen LogP contribution in [-0.2, 0) is 17.8 Å². The fraction of sp³-hybridized carbons (Fsp3) is 0.364. The molecule has 0 amide bonds. The summed E-state index contributed by atoms with van der Waals surface area (Å²) in [5.41, 5.74) is 3.44. The quantitative estimate of drug-likeness (QED) is 0.403. The Morgan fingerprint density at radius 1 is 1.00 bits per heavy atom. The van der Waals surface area contributed by atoms with Gasteiger partial charge in [0.05, 0.1) is 27.9 Å². The van der Waals surface area contributed by atoms with E-state index in [-0.39, 0.29) is 0 Å². The van der Waals surface area contributed by atoms with Crippen LogP contribution < -0.4 is 20.1 Å². The van der Waals surface area contributed by atoms with Crippen molar-refractivity contribution >= 4 is 11.9 Å². The number of methoxy groups -OCH3 is 3. The molecule has 0 aromatic heterocycles. The average Bonchev–Trinajstić information content (AvgIpc) is 2.75. The number of nitrogens with zero attached hydrogens (tertiary/aromatic N) is 1. The summed E-state index contributed by atoms with van der Waals surface area (Å²) >= 11 is 0. The molecule has 29 heavy (non-hydrogen) atoms. The monoisotopic (exact) mass is 399 g/mol. The second kappa shape index (κ2) is 10.9. The highest BCUT2D eigenvalue weighted by atomic mass is 16.5. The molecule has 0 spiro atoms. The zero-order valence-electron chi connectivity index (χ0n) is 17.7. The summed E-state index contributed by atoms with van der Waals surface area (Å²) in [6, 6.07) is 11.5. The third kappa shape index (κ3) is 6.14. The van der Waals surface area contributed by atoms with Crippen molar-refractivity contribution in [3.05, 3.63) is 58.7 Å². The Kier molecular flexibility index (Phi) is 8.33. The van der Waals surface area contributed by atoms with Gasteiger partial charge in [-0.1, -0.05) is 18.2 Å². The van der Waals surface area contributed by atoms with E-state index in [2.05, 4.69) is 21.7 Å². The van der Waals surface area contributed by atoms with Crippen LogP contribution in [0.5, 0.6) is 11.5 Å². The number of hydrogen-bond donors (Lipinski definition) is 2. The first-order chi connectivity index (χ1) is 14.0. The van der Waals surface area contributed by atoms with Gasteiger partial charge in [-0.2, -0.15) is 0 Å². The molecule has 2 rings (SSSR count). The standard InChI is InChI=1S/C22H29N3O4/c1-6-23-22(25-14-17-9-7-15(2)11-20(17)28-4)24-13-16-8-10-19(27-3)18(12-16)21(26)29-5/h7-12H,6,13-14H2,1-5H3,(H2,23,24,25). The smallest absolute Gasteiger partial charge is 0.341 e. The Morgan fingerprint density at radius 3 is 2.41 bits per heavy atom. The maximum Gasteiger partial charge on any atom is 0.341 e. The number of esters is 1. The number of nitrogens with one attached hydrogen (secondary N) is 2. The number of aryl methyl sites for hydroxylation is 1. The van der Waals surface area contributed by atoms with Gasteiger partial charge in [-0.05, 0) is 43.2 Å². The molecule has 0 unspecified atom stereocenters. The second-order valence-electron chi connectivity index (χ2n) is 6.39. The minimum absolute atomic E-state index is 0.380. The molecular formula is C22H29N3O4. The average molecular weight is 399 g/mol. The van der Waals surface area contributed by atoms with Crippen molar-refractivity contribution in [2.75, 3.05) is 27.9 Å². The molecular weight excluding hydrogens is 370 g/mol. The second-order valence-corrected chi connectivity index (χ2v) is 6.39. The van der Waals surface area contributed by atoms with Gasteiger partial charge in [0.15, 0.2) is 5.96 Å². The number of rotatable bonds is 8. The van der Waals surface area contributed by atoms with Crippen LogP contribution in [0.4, 0.5) is 0 Å². The lowest BCUT2D eigenvalue weighted by Crippen LogP contribution is -2.36. The SMILES string of the molecule is CCNC(=NCc1ccc(OC)c(C(=O)OC)c1)NCc1ccc(C)cc1OC. The van der Waals surface area contributed by atoms with Gasteiger partial charge in [-0.3, -0.25) is 0 Å². The number of benzene rings is 2. The number of aliphatic imine (C=N–C) groups is 1. The molecule has 2 aromatic rings. The Labute approximate surface area is 172 Å². The van der Waals surface area contributed by atoms with E-state index < -0.39 is 5.97 Å². The fourth-order valence-electron chi connectivity index (χ4n) is 2.81. The van der Waals surface area contributed by atoms with Crippen molar-refractivity contribution < 1.29 is 19.0 Å². The lowest BCUT2D eigenvalue weighted by Gasteiger charge is -2.14. The van der Waals surface area contributed by atoms with Crippen LogP contribution in [0.15, 0.2) is 41.4 Å². The van der Waals surface area contributed by atoms with Gasteiger partial charge < -0.3 is 24.8 Å². The molecule has 0 bridgehead atoms. The largest absolute Gasteiger partial charge is 0.496 e. The van der Waals surface area contributed by atoms with Crippen molar-refractivity contribution in [3.8, 4) is 11.5 Å². The van der Waals surface area contributed by atoms with Crippen molar-refractivity contribution in [1.29, 1.82) is 0 Å². The van der Waals surface area contributed by atoms with Gasteiger partial charge in [0.1, 0.15) is 17.1 Å². The lowest BCUT2D eigenvalue weighted by atomic mass is 10.1. The Bertz CT molecular complexity index is 865. The van der Waals surface area contributed by atoms with Gasteiger partial charge >= 0.3 is 5.97 Å². The Morgan fingerprint density at radius 2 is 1.76 bits per heavy atom. The molecule has 0 aliphatic heterocycles. The van der Waals surface area contributed by atoms with Crippen molar-refractivity contribution in [1.82, 2.24) is 10.6 Å². The van der Waals surface area contributed by atoms with Gasteiger partial charge in [-0.15, -0.1) is 0 Å². The van der Waals surface area contributed by atoms with Gasteiger partial charge in [-0.25, -0.2) is 9.79 Å². The van der Waals surface area contributed by atoms with E-state index >= 15 is 0 Å². The number of carbonyl (C=O) groups excluding carboxylic acids is 1. The van der Waals surface area contributed by atoms with Crippen LogP contribution in [0.3, 0.4) is 0 Å². The zero-order chi connectivity index (χ0) is 21.2. The molecule has 0 saturated heterocycles. The molecule has 156 valence electrons. The molecule has 0 aliphatic rings. The van der Waals surface area contributed by atoms with Gasteiger partial charge in [0.25, 0.3) is 0 Å². The molecule has 7 nitrogen and oxygen atoms in total. The van der Waals surface area contributed by atoms with E-state index in [1.54, 1.807) is 19.2 Å². The first-order valence-corrected chi connectivity index (χ1v) is 9.43. The molecule has 2 N–H and O–H groups in total. The molecule has 0 heterocycles. The van der Waals surface area contributed by atoms with Crippen LogP contribution in [0, 0.1) is 6.92 Å². The molecule has 0 saturated carbocycles. The maximum absolute atomic E-state index is 12.0. The minimum atomic E-state index is -0.441. The Hall–Kier alpha value is -3.22. The first kappa shape index (κ1) is 22.1. The third-order valence-electron chi connectivity index (χ3n) is 4.32. The number of guanidine groups is 1. The summed E-state index contributed by atoms with van der Waals surface area (Å²) in [5, 5.41) is 6.54. The minimum Gasteiger partial charge on any atom is -0.496 e. The molecule has 2 aromatic carbocycles. The van der Waals surface area contributed by atoms with E-state index in [9.17, 15) is 4.79 Å². The Balaban J connectivity index is 2.14. The summed E-state index contributed by atoms with van der Waals surface area (Å²) in [5.74, 6) is 1.54. The highest BCUT2D eigenvalue weighted by molar-refractivity contribution is 5.92. The molecule has 0 radical (unpaired) electrons. The normalized spacial score (nSPS) is 11.0. The van der Waals surface area contributed by atoms with Crippen LogP contribution in [0.2, 0.25) is 0 Å². The highest BCUT2D eigenvalue weighted by Gasteiger charge is 2.13. The summed E-state index contributed by atoms with van der Waals surface area (Å²) in [6.45, 7) is 5.74. The maximum atomic E-state index is 12.0. The van der Waals surface area contributed by atoms with Gasteiger partial charge in [0.2, 0.25) is 0 Å². The van der Waals surface area contributed by atoms with E-state index in [4.69, 9.17) is 14.2 Å². The summed E-state index contributed by atoms with van der Waals surface area (Å²) in [4.78, 5) is 16.6. The molecule has 7 heteroatoms. The molecule has 0 aliphatic carbocycles. The number of hydrogen-bond acceptors (Lipinski definition) is 5. The van der Waals surface area contributed by atoms with Crippen molar-refractivity contribution in [3.63, 3.8) is 0 Å². The number of carbonyl (C=O) groups is 1. The van der Waals surface area contributed by atoms with E-state index in [1.807, 2.05) is 32.0 Å². The molecule has 0 atom stereocenters. The van der Waals surface area contributed by atoms with Crippen molar-refractivity contribution in [2.45, 2.75) is 26.9 Å². The first-order valence-electron chi connectivity index (χ1n) is 9.43. The van der Waals surface area contributed by atoms with E-state index in [1.165, 1.54) is 14.2 Å². The summed E-state index contributed by atoms with van der Waals surface area (Å²) in [6.07, 6.45) is 0.